The van der Waals surface area contributed by atoms with Crippen LogP contribution in [0.15, 0.2) is 52.5 Å². The number of piperazine rings is 1. The zero-order valence-corrected chi connectivity index (χ0v) is 18.3. The summed E-state index contributed by atoms with van der Waals surface area (Å²) in [4.78, 5) is 30.6. The minimum absolute atomic E-state index is 0.119. The van der Waals surface area contributed by atoms with E-state index in [1.165, 1.54) is 23.2 Å². The lowest BCUT2D eigenvalue weighted by molar-refractivity contribution is 0.593. The van der Waals surface area contributed by atoms with Crippen LogP contribution in [-0.2, 0) is 6.54 Å². The molecule has 0 unspecified atom stereocenters. The van der Waals surface area contributed by atoms with E-state index in [4.69, 9.17) is 9.97 Å². The Morgan fingerprint density at radius 1 is 1.00 bits per heavy atom. The molecule has 2 fully saturated rings. The van der Waals surface area contributed by atoms with Crippen LogP contribution in [0.4, 0.5) is 11.6 Å². The maximum Gasteiger partial charge on any atom is 0.267 e. The molecule has 5 rings (SSSR count). The number of aromatic nitrogens is 5. The lowest BCUT2D eigenvalue weighted by Crippen LogP contribution is -2.47. The van der Waals surface area contributed by atoms with Crippen LogP contribution in [0.25, 0.3) is 0 Å². The minimum atomic E-state index is -0.119. The topological polar surface area (TPSA) is 80.0 Å². The summed E-state index contributed by atoms with van der Waals surface area (Å²) < 4.78 is 1.49. The zero-order chi connectivity index (χ0) is 21.2. The van der Waals surface area contributed by atoms with Gasteiger partial charge in [-0.2, -0.15) is 5.10 Å². The van der Waals surface area contributed by atoms with Crippen LogP contribution in [0.3, 0.4) is 0 Å². The number of pyridine rings is 1. The van der Waals surface area contributed by atoms with Crippen LogP contribution in [0.5, 0.6) is 0 Å². The third-order valence-electron chi connectivity index (χ3n) is 5.71. The molecular weight excluding hydrogens is 410 g/mol. The van der Waals surface area contributed by atoms with Crippen LogP contribution in [0, 0.1) is 0 Å². The second-order valence-corrected chi connectivity index (χ2v) is 8.67. The van der Waals surface area contributed by atoms with E-state index >= 15 is 0 Å². The van der Waals surface area contributed by atoms with E-state index in [2.05, 4.69) is 25.9 Å². The van der Waals surface area contributed by atoms with Gasteiger partial charge in [0, 0.05) is 50.4 Å². The van der Waals surface area contributed by atoms with Gasteiger partial charge in [-0.15, -0.1) is 0 Å². The van der Waals surface area contributed by atoms with E-state index in [1.807, 2.05) is 30.5 Å². The van der Waals surface area contributed by atoms with E-state index in [0.29, 0.717) is 12.5 Å². The monoisotopic (exact) mass is 435 g/mol. The summed E-state index contributed by atoms with van der Waals surface area (Å²) in [6.45, 7) is 3.74. The largest absolute Gasteiger partial charge is 0.353 e. The molecule has 0 radical (unpaired) electrons. The van der Waals surface area contributed by atoms with Crippen molar-refractivity contribution in [1.82, 2.24) is 24.7 Å². The van der Waals surface area contributed by atoms with Gasteiger partial charge in [0.05, 0.1) is 17.9 Å². The van der Waals surface area contributed by atoms with Crippen molar-refractivity contribution in [3.63, 3.8) is 0 Å². The molecule has 160 valence electrons. The van der Waals surface area contributed by atoms with Crippen LogP contribution in [-0.4, -0.2) is 57.2 Å². The van der Waals surface area contributed by atoms with Crippen molar-refractivity contribution < 1.29 is 0 Å². The third-order valence-corrected chi connectivity index (χ3v) is 6.26. The fraction of sp³-hybridized carbons (Fsp3) is 0.409. The van der Waals surface area contributed by atoms with Gasteiger partial charge in [-0.1, -0.05) is 17.8 Å². The standard InChI is InChI=1S/C22H25N7OS/c1-31-22-24-18(16-5-6-16)14-20(25-22)28-12-10-27(11-13-28)19-7-8-21(30)29(26-19)15-17-4-2-3-9-23-17/h2-4,7-9,14,16H,5-6,10-13,15H2,1H3. The number of nitrogens with zero attached hydrogens (tertiary/aromatic N) is 7. The molecule has 31 heavy (non-hydrogen) atoms. The van der Waals surface area contributed by atoms with E-state index in [0.717, 1.165) is 48.7 Å². The molecule has 0 spiro atoms. The number of anilines is 2. The molecule has 2 aliphatic rings. The Morgan fingerprint density at radius 3 is 2.45 bits per heavy atom. The van der Waals surface area contributed by atoms with Crippen LogP contribution >= 0.6 is 11.8 Å². The fourth-order valence-corrected chi connectivity index (χ4v) is 4.18. The molecule has 0 N–H and O–H groups in total. The highest BCUT2D eigenvalue weighted by atomic mass is 32.2. The summed E-state index contributed by atoms with van der Waals surface area (Å²) in [6.07, 6.45) is 6.23. The maximum atomic E-state index is 12.3. The van der Waals surface area contributed by atoms with Gasteiger partial charge in [-0.05, 0) is 37.3 Å². The molecule has 9 heteroatoms. The van der Waals surface area contributed by atoms with Gasteiger partial charge in [-0.25, -0.2) is 14.6 Å². The molecule has 1 aliphatic heterocycles. The molecule has 1 saturated heterocycles. The highest BCUT2D eigenvalue weighted by Gasteiger charge is 2.28. The van der Waals surface area contributed by atoms with Crippen molar-refractivity contribution in [1.29, 1.82) is 0 Å². The highest BCUT2D eigenvalue weighted by molar-refractivity contribution is 7.98. The SMILES string of the molecule is CSc1nc(C2CC2)cc(N2CCN(c3ccc(=O)n(Cc4ccccn4)n3)CC2)n1. The Hall–Kier alpha value is -2.94. The Morgan fingerprint density at radius 2 is 1.77 bits per heavy atom. The van der Waals surface area contributed by atoms with E-state index in [-0.39, 0.29) is 5.56 Å². The van der Waals surface area contributed by atoms with Crippen molar-refractivity contribution in [2.24, 2.45) is 0 Å². The summed E-state index contributed by atoms with van der Waals surface area (Å²) in [6, 6.07) is 11.3. The average Bonchev–Trinajstić information content (AvgIpc) is 3.67. The Labute approximate surface area is 185 Å². The third kappa shape index (κ3) is 4.56. The smallest absolute Gasteiger partial charge is 0.267 e. The molecule has 0 bridgehead atoms. The molecule has 0 atom stereocenters. The molecular formula is C22H25N7OS. The van der Waals surface area contributed by atoms with Gasteiger partial charge in [0.15, 0.2) is 5.16 Å². The van der Waals surface area contributed by atoms with Crippen LogP contribution in [0.2, 0.25) is 0 Å². The second-order valence-electron chi connectivity index (χ2n) is 7.89. The van der Waals surface area contributed by atoms with Gasteiger partial charge in [-0.3, -0.25) is 9.78 Å². The normalized spacial score (nSPS) is 16.5. The summed E-state index contributed by atoms with van der Waals surface area (Å²) in [5.74, 6) is 2.45. The van der Waals surface area contributed by atoms with Crippen molar-refractivity contribution in [3.8, 4) is 0 Å². The van der Waals surface area contributed by atoms with Crippen molar-refractivity contribution in [2.75, 3.05) is 42.2 Å². The van der Waals surface area contributed by atoms with Gasteiger partial charge < -0.3 is 9.80 Å². The zero-order valence-electron chi connectivity index (χ0n) is 17.5. The Kier molecular flexibility index (Phi) is 5.59. The van der Waals surface area contributed by atoms with Crippen molar-refractivity contribution in [2.45, 2.75) is 30.5 Å². The lowest BCUT2D eigenvalue weighted by atomic mass is 10.2. The molecule has 0 amide bonds. The van der Waals surface area contributed by atoms with Crippen molar-refractivity contribution in [3.05, 3.63) is 64.3 Å². The lowest BCUT2D eigenvalue weighted by Gasteiger charge is -2.36. The Bertz CT molecular complexity index is 1110. The van der Waals surface area contributed by atoms with Gasteiger partial charge in [0.25, 0.3) is 5.56 Å². The molecule has 0 aromatic carbocycles. The van der Waals surface area contributed by atoms with E-state index in [9.17, 15) is 4.79 Å². The first-order valence-corrected chi connectivity index (χ1v) is 11.8. The predicted octanol–water partition coefficient (Wildman–Crippen LogP) is 2.40. The van der Waals surface area contributed by atoms with Crippen LogP contribution in [0.1, 0.15) is 30.1 Å². The molecule has 3 aromatic rings. The minimum Gasteiger partial charge on any atom is -0.353 e. The first-order chi connectivity index (χ1) is 15.2. The number of thioether (sulfide) groups is 1. The van der Waals surface area contributed by atoms with E-state index in [1.54, 1.807) is 24.0 Å². The van der Waals surface area contributed by atoms with Gasteiger partial charge in [0.1, 0.15) is 11.6 Å². The van der Waals surface area contributed by atoms with E-state index < -0.39 is 0 Å². The summed E-state index contributed by atoms with van der Waals surface area (Å²) in [7, 11) is 0. The number of hydrogen-bond acceptors (Lipinski definition) is 8. The average molecular weight is 436 g/mol. The Balaban J connectivity index is 1.29. The van der Waals surface area contributed by atoms with Crippen molar-refractivity contribution >= 4 is 23.4 Å². The predicted molar refractivity (Wildman–Crippen MR) is 122 cm³/mol. The number of rotatable bonds is 6. The fourth-order valence-electron chi connectivity index (χ4n) is 3.80. The first kappa shape index (κ1) is 20.0. The second kappa shape index (κ2) is 8.66. The summed E-state index contributed by atoms with van der Waals surface area (Å²) in [5, 5.41) is 5.46. The first-order valence-electron chi connectivity index (χ1n) is 10.6. The van der Waals surface area contributed by atoms with Gasteiger partial charge in [0.2, 0.25) is 0 Å². The molecule has 1 saturated carbocycles. The number of hydrogen-bond donors (Lipinski definition) is 0. The molecule has 1 aliphatic carbocycles. The summed E-state index contributed by atoms with van der Waals surface area (Å²) in [5.41, 5.74) is 1.88. The molecule has 4 heterocycles. The highest BCUT2D eigenvalue weighted by Crippen LogP contribution is 2.40. The molecule has 8 nitrogen and oxygen atoms in total. The van der Waals surface area contributed by atoms with Crippen LogP contribution < -0.4 is 15.4 Å². The molecule has 3 aromatic heterocycles. The maximum absolute atomic E-state index is 12.3. The summed E-state index contributed by atoms with van der Waals surface area (Å²) >= 11 is 1.60. The quantitative estimate of drug-likeness (QED) is 0.431. The van der Waals surface area contributed by atoms with Gasteiger partial charge >= 0.3 is 0 Å².